The van der Waals surface area contributed by atoms with Crippen LogP contribution in [0.15, 0.2) is 59.6 Å². The molecule has 136 valence electrons. The average molecular weight is 374 g/mol. The number of para-hydroxylation sites is 1. The van der Waals surface area contributed by atoms with Crippen LogP contribution >= 0.6 is 0 Å². The second-order valence-electron chi connectivity index (χ2n) is 6.04. The molecule has 0 radical (unpaired) electrons. The Bertz CT molecular complexity index is 1050. The average Bonchev–Trinajstić information content (AvgIpc) is 2.61. The third-order valence-electron chi connectivity index (χ3n) is 3.99. The fourth-order valence-electron chi connectivity index (χ4n) is 2.90. The molecule has 0 saturated heterocycles. The highest BCUT2D eigenvalue weighted by Gasteiger charge is 2.30. The molecule has 1 heterocycles. The van der Waals surface area contributed by atoms with E-state index in [9.17, 15) is 12.8 Å². The van der Waals surface area contributed by atoms with Crippen LogP contribution in [-0.2, 0) is 10.0 Å². The highest BCUT2D eigenvalue weighted by Crippen LogP contribution is 2.32. The van der Waals surface area contributed by atoms with Gasteiger partial charge in [-0.05, 0) is 38.1 Å². The van der Waals surface area contributed by atoms with Crippen molar-refractivity contribution in [2.75, 3.05) is 11.4 Å². The predicted molar refractivity (Wildman–Crippen MR) is 99.5 cm³/mol. The normalized spacial score (nSPS) is 11.7. The molecular weight excluding hydrogens is 355 g/mol. The Balaban J connectivity index is 2.20. The molecular formula is C19H19FN2O3S. The number of hydrogen-bond acceptors (Lipinski definition) is 4. The number of aromatic nitrogens is 1. The van der Waals surface area contributed by atoms with Crippen LogP contribution in [0.4, 0.5) is 10.1 Å². The maximum Gasteiger partial charge on any atom is 0.266 e. The Hall–Kier alpha value is -2.67. The third-order valence-corrected chi connectivity index (χ3v) is 6.03. The van der Waals surface area contributed by atoms with Crippen molar-refractivity contribution < 1.29 is 17.5 Å². The minimum atomic E-state index is -3.95. The highest BCUT2D eigenvalue weighted by atomic mass is 32.2. The van der Waals surface area contributed by atoms with E-state index in [0.717, 1.165) is 11.5 Å². The lowest BCUT2D eigenvalue weighted by Gasteiger charge is -2.28. The zero-order valence-electron chi connectivity index (χ0n) is 14.7. The molecule has 0 amide bonds. The number of ether oxygens (including phenoxy) is 1. The van der Waals surface area contributed by atoms with E-state index in [4.69, 9.17) is 4.74 Å². The Morgan fingerprint density at radius 1 is 1.12 bits per heavy atom. The summed E-state index contributed by atoms with van der Waals surface area (Å²) < 4.78 is 47.0. The fourth-order valence-corrected chi connectivity index (χ4v) is 4.72. The SMILES string of the molecule is COc1ccc(N(C(C)C)S(=O)(=O)c2cccc3cccnc23)cc1F. The minimum absolute atomic E-state index is 0.0571. The smallest absolute Gasteiger partial charge is 0.266 e. The number of pyridine rings is 1. The molecule has 0 aliphatic carbocycles. The molecule has 0 bridgehead atoms. The van der Waals surface area contributed by atoms with Gasteiger partial charge in [-0.2, -0.15) is 0 Å². The zero-order chi connectivity index (χ0) is 18.9. The van der Waals surface area contributed by atoms with Gasteiger partial charge in [0.1, 0.15) is 4.90 Å². The maximum absolute atomic E-state index is 14.2. The summed E-state index contributed by atoms with van der Waals surface area (Å²) in [6.07, 6.45) is 1.55. The molecule has 5 nitrogen and oxygen atoms in total. The first kappa shape index (κ1) is 18.1. The summed E-state index contributed by atoms with van der Waals surface area (Å²) in [4.78, 5) is 4.31. The highest BCUT2D eigenvalue weighted by molar-refractivity contribution is 7.93. The lowest BCUT2D eigenvalue weighted by atomic mass is 10.2. The summed E-state index contributed by atoms with van der Waals surface area (Å²) in [6.45, 7) is 3.47. The second-order valence-corrected chi connectivity index (χ2v) is 7.83. The van der Waals surface area contributed by atoms with E-state index < -0.39 is 21.9 Å². The monoisotopic (exact) mass is 374 g/mol. The molecule has 0 unspecified atom stereocenters. The summed E-state index contributed by atoms with van der Waals surface area (Å²) in [7, 11) is -2.60. The van der Waals surface area contributed by atoms with Crippen LogP contribution in [0, 0.1) is 5.82 Å². The Labute approximate surface area is 152 Å². The number of halogens is 1. The summed E-state index contributed by atoms with van der Waals surface area (Å²) in [5.41, 5.74) is 0.612. The van der Waals surface area contributed by atoms with Crippen LogP contribution < -0.4 is 9.04 Å². The largest absolute Gasteiger partial charge is 0.494 e. The lowest BCUT2D eigenvalue weighted by Crippen LogP contribution is -2.37. The van der Waals surface area contributed by atoms with Crippen molar-refractivity contribution >= 4 is 26.6 Å². The van der Waals surface area contributed by atoms with Crippen molar-refractivity contribution in [2.24, 2.45) is 0 Å². The number of hydrogen-bond donors (Lipinski definition) is 0. The van der Waals surface area contributed by atoms with Crippen molar-refractivity contribution in [3.63, 3.8) is 0 Å². The first-order valence-electron chi connectivity index (χ1n) is 8.08. The van der Waals surface area contributed by atoms with E-state index in [-0.39, 0.29) is 16.3 Å². The van der Waals surface area contributed by atoms with Crippen LogP contribution in [0.3, 0.4) is 0 Å². The standard InChI is InChI=1S/C19H19FN2O3S/c1-13(2)22(15-9-10-17(25-3)16(20)12-15)26(23,24)18-8-4-6-14-7-5-11-21-19(14)18/h4-13H,1-3H3. The topological polar surface area (TPSA) is 59.5 Å². The van der Waals surface area contributed by atoms with E-state index in [2.05, 4.69) is 4.98 Å². The first-order valence-corrected chi connectivity index (χ1v) is 9.52. The van der Waals surface area contributed by atoms with Crippen LogP contribution in [0.2, 0.25) is 0 Å². The Morgan fingerprint density at radius 2 is 1.85 bits per heavy atom. The summed E-state index contributed by atoms with van der Waals surface area (Å²) in [6, 6.07) is 12.2. The quantitative estimate of drug-likeness (QED) is 0.678. The molecule has 3 aromatic rings. The van der Waals surface area contributed by atoms with E-state index in [1.54, 1.807) is 44.3 Å². The Kier molecular flexibility index (Phi) is 4.82. The van der Waals surface area contributed by atoms with Crippen LogP contribution in [0.1, 0.15) is 13.8 Å². The van der Waals surface area contributed by atoms with Gasteiger partial charge in [0.05, 0.1) is 18.3 Å². The van der Waals surface area contributed by atoms with Gasteiger partial charge in [-0.1, -0.05) is 18.2 Å². The van der Waals surface area contributed by atoms with Gasteiger partial charge in [0.2, 0.25) is 0 Å². The number of benzene rings is 2. The zero-order valence-corrected chi connectivity index (χ0v) is 15.5. The first-order chi connectivity index (χ1) is 12.4. The number of fused-ring (bicyclic) bond motifs is 1. The van der Waals surface area contributed by atoms with E-state index in [0.29, 0.717) is 5.52 Å². The molecule has 1 aromatic heterocycles. The molecule has 0 N–H and O–H groups in total. The van der Waals surface area contributed by atoms with Gasteiger partial charge >= 0.3 is 0 Å². The maximum atomic E-state index is 14.2. The molecule has 0 atom stereocenters. The van der Waals surface area contributed by atoms with Crippen LogP contribution in [0.25, 0.3) is 10.9 Å². The van der Waals surface area contributed by atoms with E-state index >= 15 is 0 Å². The van der Waals surface area contributed by atoms with Crippen molar-refractivity contribution in [3.8, 4) is 5.75 Å². The van der Waals surface area contributed by atoms with Crippen molar-refractivity contribution in [2.45, 2.75) is 24.8 Å². The number of sulfonamides is 1. The van der Waals surface area contributed by atoms with E-state index in [1.807, 2.05) is 0 Å². The van der Waals surface area contributed by atoms with Gasteiger partial charge in [-0.25, -0.2) is 12.8 Å². The molecule has 2 aromatic carbocycles. The van der Waals surface area contributed by atoms with Gasteiger partial charge in [0, 0.05) is 23.7 Å². The molecule has 0 spiro atoms. The van der Waals surface area contributed by atoms with Crippen molar-refractivity contribution in [1.82, 2.24) is 4.98 Å². The molecule has 3 rings (SSSR count). The molecule has 0 saturated carbocycles. The molecule has 0 aliphatic rings. The summed E-state index contributed by atoms with van der Waals surface area (Å²) in [5, 5.41) is 0.721. The third kappa shape index (κ3) is 3.10. The van der Waals surface area contributed by atoms with Crippen LogP contribution in [-0.4, -0.2) is 26.6 Å². The fraction of sp³-hybridized carbons (Fsp3) is 0.211. The van der Waals surface area contributed by atoms with Gasteiger partial charge in [-0.15, -0.1) is 0 Å². The van der Waals surface area contributed by atoms with Gasteiger partial charge in [-0.3, -0.25) is 9.29 Å². The molecule has 7 heteroatoms. The van der Waals surface area contributed by atoms with Gasteiger partial charge in [0.15, 0.2) is 11.6 Å². The number of methoxy groups -OCH3 is 1. The predicted octanol–water partition coefficient (Wildman–Crippen LogP) is 3.99. The summed E-state index contributed by atoms with van der Waals surface area (Å²) >= 11 is 0. The van der Waals surface area contributed by atoms with Crippen molar-refractivity contribution in [3.05, 3.63) is 60.5 Å². The summed E-state index contributed by atoms with van der Waals surface area (Å²) in [5.74, 6) is -0.566. The van der Waals surface area contributed by atoms with Crippen molar-refractivity contribution in [1.29, 1.82) is 0 Å². The van der Waals surface area contributed by atoms with E-state index in [1.165, 1.54) is 29.6 Å². The number of nitrogens with zero attached hydrogens (tertiary/aromatic N) is 2. The van der Waals surface area contributed by atoms with Crippen LogP contribution in [0.5, 0.6) is 5.75 Å². The molecule has 0 aliphatic heterocycles. The molecule has 0 fully saturated rings. The minimum Gasteiger partial charge on any atom is -0.494 e. The van der Waals surface area contributed by atoms with Gasteiger partial charge in [0.25, 0.3) is 10.0 Å². The second kappa shape index (κ2) is 6.92. The lowest BCUT2D eigenvalue weighted by molar-refractivity contribution is 0.386. The number of anilines is 1. The molecule has 26 heavy (non-hydrogen) atoms. The van der Waals surface area contributed by atoms with Gasteiger partial charge < -0.3 is 4.74 Å². The number of rotatable bonds is 5. The Morgan fingerprint density at radius 3 is 2.50 bits per heavy atom.